The zero-order chi connectivity index (χ0) is 37.9. The third kappa shape index (κ3) is 5.12. The van der Waals surface area contributed by atoms with E-state index >= 15 is 0 Å². The van der Waals surface area contributed by atoms with E-state index in [-0.39, 0.29) is 0 Å². The van der Waals surface area contributed by atoms with Gasteiger partial charge in [-0.1, -0.05) is 133 Å². The van der Waals surface area contributed by atoms with Crippen molar-refractivity contribution in [3.63, 3.8) is 0 Å². The molecule has 2 aromatic heterocycles. The molecule has 0 aliphatic heterocycles. The van der Waals surface area contributed by atoms with Crippen LogP contribution in [-0.2, 0) is 5.41 Å². The van der Waals surface area contributed by atoms with E-state index in [2.05, 4.69) is 181 Å². The fourth-order valence-electron chi connectivity index (χ4n) is 9.26. The number of benzene rings is 7. The Hall–Kier alpha value is -7.67. The van der Waals surface area contributed by atoms with E-state index in [1.807, 2.05) is 30.6 Å². The van der Waals surface area contributed by atoms with Gasteiger partial charge in [0, 0.05) is 29.1 Å². The Bertz CT molecular complexity index is 2970. The summed E-state index contributed by atoms with van der Waals surface area (Å²) in [5, 5.41) is 10.1. The van der Waals surface area contributed by atoms with Gasteiger partial charge in [0.15, 0.2) is 0 Å². The van der Waals surface area contributed by atoms with Gasteiger partial charge in [-0.2, -0.15) is 5.26 Å². The highest BCUT2D eigenvalue weighted by Crippen LogP contribution is 2.63. The molecule has 1 spiro atoms. The Morgan fingerprint density at radius 1 is 0.368 bits per heavy atom. The summed E-state index contributed by atoms with van der Waals surface area (Å²) in [7, 11) is 0. The number of nitriles is 1. The van der Waals surface area contributed by atoms with Crippen molar-refractivity contribution >= 4 is 0 Å². The third-order valence-corrected chi connectivity index (χ3v) is 11.8. The van der Waals surface area contributed by atoms with Crippen LogP contribution in [0.4, 0.5) is 0 Å². The Morgan fingerprint density at radius 3 is 1.56 bits per heavy atom. The second kappa shape index (κ2) is 13.0. The van der Waals surface area contributed by atoms with Gasteiger partial charge in [-0.3, -0.25) is 4.98 Å². The number of hydrogen-bond donors (Lipinski definition) is 0. The fraction of sp³-hybridized carbons (Fsp3) is 0.0185. The first kappa shape index (κ1) is 32.7. The van der Waals surface area contributed by atoms with Crippen LogP contribution < -0.4 is 0 Å². The third-order valence-electron chi connectivity index (χ3n) is 11.8. The zero-order valence-corrected chi connectivity index (χ0v) is 30.9. The van der Waals surface area contributed by atoms with Gasteiger partial charge >= 0.3 is 0 Å². The van der Waals surface area contributed by atoms with Gasteiger partial charge in [0.05, 0.1) is 28.4 Å². The summed E-state index contributed by atoms with van der Waals surface area (Å²) >= 11 is 0. The average molecular weight is 724 g/mol. The smallest absolute Gasteiger partial charge is 0.0991 e. The maximum absolute atomic E-state index is 10.1. The monoisotopic (exact) mass is 723 g/mol. The normalized spacial score (nSPS) is 12.7. The van der Waals surface area contributed by atoms with E-state index in [1.54, 1.807) is 0 Å². The van der Waals surface area contributed by atoms with Gasteiger partial charge in [-0.05, 0) is 127 Å². The molecule has 2 aliphatic carbocycles. The molecule has 0 saturated heterocycles. The summed E-state index contributed by atoms with van der Waals surface area (Å²) in [6.45, 7) is 0. The van der Waals surface area contributed by atoms with Crippen LogP contribution in [0.2, 0.25) is 0 Å². The second-order valence-corrected chi connectivity index (χ2v) is 14.9. The molecule has 0 unspecified atom stereocenters. The molecule has 0 radical (unpaired) electrons. The minimum Gasteiger partial charge on any atom is -0.264 e. The van der Waals surface area contributed by atoms with E-state index in [9.17, 15) is 5.26 Å². The first-order valence-electron chi connectivity index (χ1n) is 19.3. The quantitative estimate of drug-likeness (QED) is 0.178. The summed E-state index contributed by atoms with van der Waals surface area (Å²) in [6.07, 6.45) is 3.75. The van der Waals surface area contributed by atoms with E-state index in [0.717, 1.165) is 61.5 Å². The molecule has 11 rings (SSSR count). The molecule has 2 heterocycles. The zero-order valence-electron chi connectivity index (χ0n) is 30.9. The average Bonchev–Trinajstić information content (AvgIpc) is 3.76. The van der Waals surface area contributed by atoms with E-state index in [0.29, 0.717) is 5.56 Å². The molecule has 0 bridgehead atoms. The van der Waals surface area contributed by atoms with Crippen molar-refractivity contribution in [3.05, 3.63) is 228 Å². The predicted molar refractivity (Wildman–Crippen MR) is 230 cm³/mol. The van der Waals surface area contributed by atoms with E-state index < -0.39 is 5.41 Å². The van der Waals surface area contributed by atoms with Crippen LogP contribution in [0, 0.1) is 11.3 Å². The van der Waals surface area contributed by atoms with Gasteiger partial charge in [0.25, 0.3) is 0 Å². The molecule has 3 heteroatoms. The van der Waals surface area contributed by atoms with Gasteiger partial charge in [0.2, 0.25) is 0 Å². The molecule has 9 aromatic rings. The van der Waals surface area contributed by atoms with Gasteiger partial charge < -0.3 is 0 Å². The standard InChI is InChI=1S/C54H33N3/c55-33-35-21-23-46-47-24-22-38(30-51(47)54(50(46)26-35)48-19-9-7-17-44(48)45-18-8-10-20-49(45)54)40-27-41(39-16-11-25-56-34-39)29-43(28-40)53-32-42(36-12-3-1-4-13-36)31-52(57-53)37-14-5-2-6-15-37/h1-32,34H. The molecule has 0 fully saturated rings. The van der Waals surface area contributed by atoms with Crippen LogP contribution in [0.25, 0.3) is 78.1 Å². The van der Waals surface area contributed by atoms with Gasteiger partial charge in [-0.15, -0.1) is 0 Å². The molecule has 0 atom stereocenters. The molecule has 7 aromatic carbocycles. The Balaban J connectivity index is 1.16. The highest BCUT2D eigenvalue weighted by molar-refractivity contribution is 5.96. The number of fused-ring (bicyclic) bond motifs is 10. The van der Waals surface area contributed by atoms with Crippen molar-refractivity contribution in [2.75, 3.05) is 0 Å². The largest absolute Gasteiger partial charge is 0.264 e. The second-order valence-electron chi connectivity index (χ2n) is 14.9. The number of nitrogens with zero attached hydrogens (tertiary/aromatic N) is 3. The van der Waals surface area contributed by atoms with E-state index in [1.165, 1.54) is 38.9 Å². The number of pyridine rings is 2. The summed E-state index contributed by atoms with van der Waals surface area (Å²) in [5.41, 5.74) is 20.3. The summed E-state index contributed by atoms with van der Waals surface area (Å²) in [4.78, 5) is 9.85. The molecule has 264 valence electrons. The molecule has 0 saturated carbocycles. The Labute approximate surface area is 331 Å². The summed E-state index contributed by atoms with van der Waals surface area (Å²) in [5.74, 6) is 0. The molecule has 57 heavy (non-hydrogen) atoms. The number of rotatable bonds is 5. The summed E-state index contributed by atoms with van der Waals surface area (Å²) < 4.78 is 0. The first-order chi connectivity index (χ1) is 28.2. The lowest BCUT2D eigenvalue weighted by Gasteiger charge is -2.30. The van der Waals surface area contributed by atoms with Gasteiger partial charge in [-0.25, -0.2) is 4.98 Å². The van der Waals surface area contributed by atoms with Crippen LogP contribution in [0.5, 0.6) is 0 Å². The molecule has 3 nitrogen and oxygen atoms in total. The van der Waals surface area contributed by atoms with Gasteiger partial charge in [0.1, 0.15) is 0 Å². The van der Waals surface area contributed by atoms with Crippen molar-refractivity contribution < 1.29 is 0 Å². The summed E-state index contributed by atoms with van der Waals surface area (Å²) in [6, 6.07) is 69.4. The Kier molecular flexibility index (Phi) is 7.45. The van der Waals surface area contributed by atoms with E-state index in [4.69, 9.17) is 4.98 Å². The van der Waals surface area contributed by atoms with Crippen molar-refractivity contribution in [2.45, 2.75) is 5.41 Å². The lowest BCUT2D eigenvalue weighted by atomic mass is 9.70. The predicted octanol–water partition coefficient (Wildman–Crippen LogP) is 13.0. The number of hydrogen-bond acceptors (Lipinski definition) is 3. The topological polar surface area (TPSA) is 49.6 Å². The van der Waals surface area contributed by atoms with Crippen molar-refractivity contribution in [1.29, 1.82) is 5.26 Å². The molecule has 0 N–H and O–H groups in total. The van der Waals surface area contributed by atoms with Crippen LogP contribution in [0.15, 0.2) is 200 Å². The SMILES string of the molecule is N#Cc1ccc2c(c1)C1(c3ccccc3-c3ccccc31)c1cc(-c3cc(-c4cccnc4)cc(-c4cc(-c5ccccc5)cc(-c5ccccc5)n4)c3)ccc1-2. The molecular formula is C54H33N3. The minimum atomic E-state index is -0.569. The first-order valence-corrected chi connectivity index (χ1v) is 19.3. The fourth-order valence-corrected chi connectivity index (χ4v) is 9.26. The van der Waals surface area contributed by atoms with Crippen molar-refractivity contribution in [2.24, 2.45) is 0 Å². The maximum Gasteiger partial charge on any atom is 0.0991 e. The molecule has 0 amide bonds. The highest BCUT2D eigenvalue weighted by Gasteiger charge is 2.51. The number of aromatic nitrogens is 2. The van der Waals surface area contributed by atoms with Crippen LogP contribution in [0.1, 0.15) is 27.8 Å². The molecule has 2 aliphatic rings. The van der Waals surface area contributed by atoms with Crippen LogP contribution in [-0.4, -0.2) is 9.97 Å². The lowest BCUT2D eigenvalue weighted by molar-refractivity contribution is 0.793. The van der Waals surface area contributed by atoms with Crippen LogP contribution >= 0.6 is 0 Å². The van der Waals surface area contributed by atoms with Crippen molar-refractivity contribution in [3.8, 4) is 84.2 Å². The Morgan fingerprint density at radius 2 is 0.895 bits per heavy atom. The molecular weight excluding hydrogens is 691 g/mol. The highest BCUT2D eigenvalue weighted by atomic mass is 14.7. The lowest BCUT2D eigenvalue weighted by Crippen LogP contribution is -2.26. The van der Waals surface area contributed by atoms with Crippen LogP contribution in [0.3, 0.4) is 0 Å². The van der Waals surface area contributed by atoms with Crippen molar-refractivity contribution in [1.82, 2.24) is 9.97 Å². The minimum absolute atomic E-state index is 0.569. The maximum atomic E-state index is 10.1.